The fourth-order valence-corrected chi connectivity index (χ4v) is 3.42. The van der Waals surface area contributed by atoms with Crippen LogP contribution in [0.5, 0.6) is 0 Å². The molecule has 2 aromatic heterocycles. The van der Waals surface area contributed by atoms with Crippen molar-refractivity contribution in [2.45, 2.75) is 6.92 Å². The molecule has 0 aliphatic heterocycles. The van der Waals surface area contributed by atoms with Crippen LogP contribution in [0.3, 0.4) is 0 Å². The molecular formula is C19H14FN5O2S. The molecule has 140 valence electrons. The summed E-state index contributed by atoms with van der Waals surface area (Å²) in [5.41, 5.74) is 3.24. The van der Waals surface area contributed by atoms with Crippen molar-refractivity contribution in [3.8, 4) is 16.9 Å². The number of rotatable bonds is 5. The van der Waals surface area contributed by atoms with E-state index in [0.29, 0.717) is 27.8 Å². The van der Waals surface area contributed by atoms with Crippen molar-refractivity contribution in [3.63, 3.8) is 0 Å². The molecular weight excluding hydrogens is 381 g/mol. The van der Waals surface area contributed by atoms with Crippen LogP contribution in [0.25, 0.3) is 16.9 Å². The average molecular weight is 395 g/mol. The molecule has 0 spiro atoms. The van der Waals surface area contributed by atoms with Crippen LogP contribution in [0, 0.1) is 22.9 Å². The van der Waals surface area contributed by atoms with Gasteiger partial charge in [0, 0.05) is 35.0 Å². The summed E-state index contributed by atoms with van der Waals surface area (Å²) in [5.74, 6) is -0.368. The Bertz CT molecular complexity index is 1150. The highest BCUT2D eigenvalue weighted by Crippen LogP contribution is 2.29. The van der Waals surface area contributed by atoms with E-state index in [4.69, 9.17) is 0 Å². The highest BCUT2D eigenvalue weighted by molar-refractivity contribution is 7.14. The second-order valence-electron chi connectivity index (χ2n) is 6.06. The van der Waals surface area contributed by atoms with E-state index in [1.165, 1.54) is 29.5 Å². The van der Waals surface area contributed by atoms with Crippen molar-refractivity contribution in [1.29, 1.82) is 0 Å². The molecule has 2 heterocycles. The Hall–Kier alpha value is -3.59. The third kappa shape index (κ3) is 3.60. The number of nitro groups is 1. The molecule has 0 saturated heterocycles. The van der Waals surface area contributed by atoms with Gasteiger partial charge in [-0.15, -0.1) is 11.3 Å². The van der Waals surface area contributed by atoms with Crippen molar-refractivity contribution in [1.82, 2.24) is 14.5 Å². The number of thiazole rings is 1. The van der Waals surface area contributed by atoms with Crippen LogP contribution in [0.2, 0.25) is 0 Å². The van der Waals surface area contributed by atoms with Crippen molar-refractivity contribution in [2.24, 2.45) is 0 Å². The minimum Gasteiger partial charge on any atom is -0.332 e. The van der Waals surface area contributed by atoms with E-state index in [-0.39, 0.29) is 11.5 Å². The number of nitro benzene ring substituents is 1. The van der Waals surface area contributed by atoms with E-state index in [9.17, 15) is 14.5 Å². The Morgan fingerprint density at radius 3 is 2.64 bits per heavy atom. The van der Waals surface area contributed by atoms with Gasteiger partial charge in [-0.2, -0.15) is 0 Å². The van der Waals surface area contributed by atoms with Crippen LogP contribution >= 0.6 is 11.3 Å². The molecule has 9 heteroatoms. The predicted octanol–water partition coefficient (Wildman–Crippen LogP) is 5.10. The van der Waals surface area contributed by atoms with Gasteiger partial charge in [0.1, 0.15) is 5.82 Å². The molecule has 0 aliphatic carbocycles. The van der Waals surface area contributed by atoms with Gasteiger partial charge in [0.25, 0.3) is 5.69 Å². The highest BCUT2D eigenvalue weighted by Gasteiger charge is 2.11. The summed E-state index contributed by atoms with van der Waals surface area (Å²) in [6.45, 7) is 1.84. The van der Waals surface area contributed by atoms with E-state index in [1.807, 2.05) is 12.3 Å². The van der Waals surface area contributed by atoms with Gasteiger partial charge in [0.05, 0.1) is 28.3 Å². The SMILES string of the molecule is Cc1cn(-c2ccc(-c3csc(Nc4ccc([N+](=O)[O-])cc4)n3)cc2F)cn1. The molecule has 0 unspecified atom stereocenters. The van der Waals surface area contributed by atoms with Crippen molar-refractivity contribution >= 4 is 27.8 Å². The third-order valence-electron chi connectivity index (χ3n) is 4.07. The van der Waals surface area contributed by atoms with Gasteiger partial charge in [0.15, 0.2) is 5.13 Å². The fourth-order valence-electron chi connectivity index (χ4n) is 2.68. The first-order chi connectivity index (χ1) is 13.5. The van der Waals surface area contributed by atoms with Gasteiger partial charge in [-0.05, 0) is 31.2 Å². The van der Waals surface area contributed by atoms with Crippen molar-refractivity contribution in [3.05, 3.63) is 82.0 Å². The van der Waals surface area contributed by atoms with E-state index in [1.54, 1.807) is 41.4 Å². The first-order valence-corrected chi connectivity index (χ1v) is 9.15. The van der Waals surface area contributed by atoms with E-state index in [0.717, 1.165) is 5.69 Å². The van der Waals surface area contributed by atoms with Gasteiger partial charge < -0.3 is 9.88 Å². The van der Waals surface area contributed by atoms with Crippen LogP contribution in [0.4, 0.5) is 20.9 Å². The summed E-state index contributed by atoms with van der Waals surface area (Å²) in [4.78, 5) is 18.8. The Morgan fingerprint density at radius 1 is 1.21 bits per heavy atom. The zero-order chi connectivity index (χ0) is 19.7. The summed E-state index contributed by atoms with van der Waals surface area (Å²) >= 11 is 1.37. The average Bonchev–Trinajstić information content (AvgIpc) is 3.31. The lowest BCUT2D eigenvalue weighted by Gasteiger charge is -2.05. The largest absolute Gasteiger partial charge is 0.332 e. The molecule has 0 atom stereocenters. The van der Waals surface area contributed by atoms with Gasteiger partial charge in [0.2, 0.25) is 0 Å². The van der Waals surface area contributed by atoms with Crippen LogP contribution in [-0.2, 0) is 0 Å². The second-order valence-corrected chi connectivity index (χ2v) is 6.91. The van der Waals surface area contributed by atoms with Crippen LogP contribution in [0.1, 0.15) is 5.69 Å². The maximum atomic E-state index is 14.5. The van der Waals surface area contributed by atoms with Gasteiger partial charge in [-0.25, -0.2) is 14.4 Å². The summed E-state index contributed by atoms with van der Waals surface area (Å²) in [6, 6.07) is 11.0. The Balaban J connectivity index is 1.54. The summed E-state index contributed by atoms with van der Waals surface area (Å²) in [6.07, 6.45) is 3.33. The number of nitrogens with zero attached hydrogens (tertiary/aromatic N) is 4. The number of aryl methyl sites for hydroxylation is 1. The summed E-state index contributed by atoms with van der Waals surface area (Å²) < 4.78 is 16.2. The zero-order valence-electron chi connectivity index (χ0n) is 14.7. The molecule has 0 fully saturated rings. The normalized spacial score (nSPS) is 10.8. The smallest absolute Gasteiger partial charge is 0.269 e. The van der Waals surface area contributed by atoms with Crippen LogP contribution in [0.15, 0.2) is 60.4 Å². The molecule has 0 radical (unpaired) electrons. The van der Waals surface area contributed by atoms with Crippen LogP contribution in [-0.4, -0.2) is 19.5 Å². The number of aromatic nitrogens is 3. The quantitative estimate of drug-likeness (QED) is 0.375. The molecule has 2 aromatic carbocycles. The Labute approximate surface area is 163 Å². The number of hydrogen-bond acceptors (Lipinski definition) is 6. The minimum absolute atomic E-state index is 0.0222. The van der Waals surface area contributed by atoms with E-state index >= 15 is 0 Å². The lowest BCUT2D eigenvalue weighted by molar-refractivity contribution is -0.384. The molecule has 0 saturated carbocycles. The summed E-state index contributed by atoms with van der Waals surface area (Å²) in [7, 11) is 0. The molecule has 1 N–H and O–H groups in total. The van der Waals surface area contributed by atoms with Crippen molar-refractivity contribution < 1.29 is 9.31 Å². The van der Waals surface area contributed by atoms with E-state index in [2.05, 4.69) is 15.3 Å². The first-order valence-electron chi connectivity index (χ1n) is 8.27. The molecule has 0 amide bonds. The molecule has 4 rings (SSSR count). The number of non-ortho nitro benzene ring substituents is 1. The number of anilines is 2. The first kappa shape index (κ1) is 17.8. The topological polar surface area (TPSA) is 85.9 Å². The van der Waals surface area contributed by atoms with Gasteiger partial charge >= 0.3 is 0 Å². The maximum absolute atomic E-state index is 14.5. The molecule has 28 heavy (non-hydrogen) atoms. The highest BCUT2D eigenvalue weighted by atomic mass is 32.1. The number of halogens is 1. The van der Waals surface area contributed by atoms with Gasteiger partial charge in [-0.3, -0.25) is 10.1 Å². The second kappa shape index (κ2) is 7.20. The molecule has 0 bridgehead atoms. The Kier molecular flexibility index (Phi) is 4.58. The molecule has 0 aliphatic rings. The Morgan fingerprint density at radius 2 is 2.00 bits per heavy atom. The monoisotopic (exact) mass is 395 g/mol. The standard InChI is InChI=1S/C19H14FN5O2S/c1-12-9-24(11-21-12)18-7-2-13(8-16(18)20)17-10-28-19(23-17)22-14-3-5-15(6-4-14)25(26)27/h2-11H,1H3,(H,22,23). The number of nitrogens with one attached hydrogen (secondary N) is 1. The lowest BCUT2D eigenvalue weighted by atomic mass is 10.1. The fraction of sp³-hybridized carbons (Fsp3) is 0.0526. The van der Waals surface area contributed by atoms with Crippen molar-refractivity contribution in [2.75, 3.05) is 5.32 Å². The lowest BCUT2D eigenvalue weighted by Crippen LogP contribution is -1.95. The number of imidazole rings is 1. The van der Waals surface area contributed by atoms with Crippen LogP contribution < -0.4 is 5.32 Å². The summed E-state index contributed by atoms with van der Waals surface area (Å²) in [5, 5.41) is 16.2. The maximum Gasteiger partial charge on any atom is 0.269 e. The minimum atomic E-state index is -0.450. The van der Waals surface area contributed by atoms with Gasteiger partial charge in [-0.1, -0.05) is 6.07 Å². The zero-order valence-corrected chi connectivity index (χ0v) is 15.5. The molecule has 7 nitrogen and oxygen atoms in total. The number of hydrogen-bond donors (Lipinski definition) is 1. The molecule has 4 aromatic rings. The number of benzene rings is 2. The third-order valence-corrected chi connectivity index (χ3v) is 4.82. The van der Waals surface area contributed by atoms with E-state index < -0.39 is 4.92 Å². The predicted molar refractivity (Wildman–Crippen MR) is 106 cm³/mol.